The predicted octanol–water partition coefficient (Wildman–Crippen LogP) is 4.32. The highest BCUT2D eigenvalue weighted by atomic mass is 32.1. The van der Waals surface area contributed by atoms with Crippen LogP contribution in [0.4, 0.5) is 0 Å². The average Bonchev–Trinajstić information content (AvgIpc) is 3.29. The van der Waals surface area contributed by atoms with Gasteiger partial charge in [-0.1, -0.05) is 18.2 Å². The first-order valence-corrected chi connectivity index (χ1v) is 10.6. The number of thiophene rings is 1. The second-order valence-corrected chi connectivity index (χ2v) is 7.57. The first kappa shape index (κ1) is 21.5. The summed E-state index contributed by atoms with van der Waals surface area (Å²) in [4.78, 5) is 31.9. The van der Waals surface area contributed by atoms with E-state index in [0.29, 0.717) is 31.1 Å². The van der Waals surface area contributed by atoms with E-state index in [1.54, 1.807) is 53.8 Å². The summed E-state index contributed by atoms with van der Waals surface area (Å²) in [6, 6.07) is 14.8. The van der Waals surface area contributed by atoms with Crippen molar-refractivity contribution < 1.29 is 19.1 Å². The van der Waals surface area contributed by atoms with Crippen LogP contribution in [0.5, 0.6) is 5.75 Å². The monoisotopic (exact) mass is 424 g/mol. The maximum absolute atomic E-state index is 13.2. The largest absolute Gasteiger partial charge is 0.488 e. The van der Waals surface area contributed by atoms with Crippen LogP contribution in [0.2, 0.25) is 0 Å². The molecule has 0 spiro atoms. The molecule has 1 aromatic carbocycles. The van der Waals surface area contributed by atoms with Gasteiger partial charge in [-0.15, -0.1) is 11.3 Å². The zero-order chi connectivity index (χ0) is 21.2. The lowest BCUT2D eigenvalue weighted by atomic mass is 10.1. The lowest BCUT2D eigenvalue weighted by Gasteiger charge is -2.23. The van der Waals surface area contributed by atoms with Crippen LogP contribution >= 0.6 is 11.3 Å². The molecule has 30 heavy (non-hydrogen) atoms. The summed E-state index contributed by atoms with van der Waals surface area (Å²) in [6.45, 7) is 3.15. The molecule has 0 bridgehead atoms. The van der Waals surface area contributed by atoms with E-state index in [9.17, 15) is 9.59 Å². The fraction of sp³-hybridized carbons (Fsp3) is 0.261. The summed E-state index contributed by atoms with van der Waals surface area (Å²) in [5.74, 6) is 0.125. The molecule has 0 fully saturated rings. The maximum atomic E-state index is 13.2. The van der Waals surface area contributed by atoms with E-state index in [-0.39, 0.29) is 24.8 Å². The highest BCUT2D eigenvalue weighted by Crippen LogP contribution is 2.19. The smallest absolute Gasteiger partial charge is 0.307 e. The molecule has 0 unspecified atom stereocenters. The summed E-state index contributed by atoms with van der Waals surface area (Å²) in [6.07, 6.45) is 3.53. The minimum Gasteiger partial charge on any atom is -0.488 e. The van der Waals surface area contributed by atoms with E-state index in [4.69, 9.17) is 9.47 Å². The van der Waals surface area contributed by atoms with Crippen molar-refractivity contribution in [2.45, 2.75) is 26.5 Å². The van der Waals surface area contributed by atoms with Gasteiger partial charge in [0, 0.05) is 35.9 Å². The summed E-state index contributed by atoms with van der Waals surface area (Å²) >= 11 is 1.62. The fourth-order valence-electron chi connectivity index (χ4n) is 2.87. The Bertz CT molecular complexity index is 945. The lowest BCUT2D eigenvalue weighted by Crippen LogP contribution is -2.33. The van der Waals surface area contributed by atoms with Crippen LogP contribution in [0.15, 0.2) is 66.3 Å². The number of rotatable bonds is 10. The number of ether oxygens (including phenoxy) is 2. The van der Waals surface area contributed by atoms with E-state index < -0.39 is 0 Å². The van der Waals surface area contributed by atoms with E-state index in [2.05, 4.69) is 4.98 Å². The number of aromatic nitrogens is 1. The zero-order valence-electron chi connectivity index (χ0n) is 16.8. The van der Waals surface area contributed by atoms with Crippen molar-refractivity contribution in [1.82, 2.24) is 9.88 Å². The van der Waals surface area contributed by atoms with Crippen LogP contribution in [0.1, 0.15) is 34.1 Å². The molecule has 0 aliphatic heterocycles. The molecule has 3 rings (SSSR count). The first-order chi connectivity index (χ1) is 14.7. The number of pyridine rings is 1. The van der Waals surface area contributed by atoms with Crippen LogP contribution in [-0.4, -0.2) is 34.9 Å². The topological polar surface area (TPSA) is 68.7 Å². The Balaban J connectivity index is 1.72. The zero-order valence-corrected chi connectivity index (χ0v) is 17.6. The van der Waals surface area contributed by atoms with Gasteiger partial charge in [0.1, 0.15) is 12.4 Å². The highest BCUT2D eigenvalue weighted by Gasteiger charge is 2.18. The van der Waals surface area contributed by atoms with Crippen molar-refractivity contribution in [1.29, 1.82) is 0 Å². The van der Waals surface area contributed by atoms with Gasteiger partial charge >= 0.3 is 5.97 Å². The number of carbonyl (C=O) groups excluding carboxylic acids is 2. The molecule has 0 saturated heterocycles. The molecular weight excluding hydrogens is 400 g/mol. The van der Waals surface area contributed by atoms with E-state index >= 15 is 0 Å². The van der Waals surface area contributed by atoms with Gasteiger partial charge in [0.15, 0.2) is 0 Å². The van der Waals surface area contributed by atoms with Crippen LogP contribution in [-0.2, 0) is 22.7 Å². The maximum Gasteiger partial charge on any atom is 0.307 e. The van der Waals surface area contributed by atoms with Crippen LogP contribution in [0.25, 0.3) is 0 Å². The summed E-state index contributed by atoms with van der Waals surface area (Å²) < 4.78 is 10.8. The Morgan fingerprint density at radius 1 is 1.13 bits per heavy atom. The Hall–Kier alpha value is -3.19. The molecule has 0 radical (unpaired) electrons. The van der Waals surface area contributed by atoms with E-state index in [0.717, 1.165) is 10.4 Å². The normalized spacial score (nSPS) is 10.4. The molecule has 1 amide bonds. The summed E-state index contributed by atoms with van der Waals surface area (Å²) in [5.41, 5.74) is 1.39. The number of hydrogen-bond donors (Lipinski definition) is 0. The van der Waals surface area contributed by atoms with Crippen LogP contribution in [0.3, 0.4) is 0 Å². The van der Waals surface area contributed by atoms with Crippen molar-refractivity contribution in [2.24, 2.45) is 0 Å². The SMILES string of the molecule is CCOC(=O)CCN(Cc1cccnc1)C(=O)c1cccc(OCc2cccs2)c1. The molecule has 3 aromatic rings. The first-order valence-electron chi connectivity index (χ1n) is 9.74. The van der Waals surface area contributed by atoms with Gasteiger partial charge in [-0.2, -0.15) is 0 Å². The number of hydrogen-bond acceptors (Lipinski definition) is 6. The number of amides is 1. The molecule has 0 aliphatic carbocycles. The van der Waals surface area contributed by atoms with Gasteiger partial charge in [0.05, 0.1) is 13.0 Å². The van der Waals surface area contributed by atoms with Gasteiger partial charge in [0.2, 0.25) is 0 Å². The molecular formula is C23H24N2O4S. The van der Waals surface area contributed by atoms with Crippen molar-refractivity contribution in [3.05, 3.63) is 82.3 Å². The van der Waals surface area contributed by atoms with Crippen LogP contribution < -0.4 is 4.74 Å². The highest BCUT2D eigenvalue weighted by molar-refractivity contribution is 7.09. The Labute approximate surface area is 180 Å². The van der Waals surface area contributed by atoms with Crippen molar-refractivity contribution in [3.63, 3.8) is 0 Å². The predicted molar refractivity (Wildman–Crippen MR) is 115 cm³/mol. The van der Waals surface area contributed by atoms with Crippen LogP contribution in [0, 0.1) is 0 Å². The third-order valence-electron chi connectivity index (χ3n) is 4.32. The molecule has 156 valence electrons. The van der Waals surface area contributed by atoms with Crippen molar-refractivity contribution >= 4 is 23.2 Å². The molecule has 2 aromatic heterocycles. The molecule has 0 aliphatic rings. The number of carbonyl (C=O) groups is 2. The number of esters is 1. The van der Waals surface area contributed by atoms with E-state index in [1.807, 2.05) is 35.7 Å². The number of benzene rings is 1. The molecule has 6 nitrogen and oxygen atoms in total. The molecule has 0 saturated carbocycles. The van der Waals surface area contributed by atoms with Gasteiger partial charge in [-0.3, -0.25) is 14.6 Å². The Morgan fingerprint density at radius 3 is 2.77 bits per heavy atom. The third kappa shape index (κ3) is 6.42. The minimum absolute atomic E-state index is 0.133. The average molecular weight is 425 g/mol. The second-order valence-electron chi connectivity index (χ2n) is 6.54. The molecule has 0 atom stereocenters. The Morgan fingerprint density at radius 2 is 2.03 bits per heavy atom. The van der Waals surface area contributed by atoms with Gasteiger partial charge < -0.3 is 14.4 Å². The van der Waals surface area contributed by atoms with Crippen molar-refractivity contribution in [2.75, 3.05) is 13.2 Å². The fourth-order valence-corrected chi connectivity index (χ4v) is 3.49. The summed E-state index contributed by atoms with van der Waals surface area (Å²) in [5, 5.41) is 2.00. The van der Waals surface area contributed by atoms with Crippen molar-refractivity contribution in [3.8, 4) is 5.75 Å². The van der Waals surface area contributed by atoms with Gasteiger partial charge in [-0.25, -0.2) is 0 Å². The van der Waals surface area contributed by atoms with Gasteiger partial charge in [-0.05, 0) is 48.2 Å². The second kappa shape index (κ2) is 11.1. The number of nitrogens with zero attached hydrogens (tertiary/aromatic N) is 2. The molecule has 0 N–H and O–H groups in total. The quantitative estimate of drug-likeness (QED) is 0.454. The third-order valence-corrected chi connectivity index (χ3v) is 5.17. The lowest BCUT2D eigenvalue weighted by molar-refractivity contribution is -0.143. The Kier molecular flexibility index (Phi) is 7.97. The van der Waals surface area contributed by atoms with Gasteiger partial charge in [0.25, 0.3) is 5.91 Å². The molecule has 7 heteroatoms. The molecule has 2 heterocycles. The summed E-state index contributed by atoms with van der Waals surface area (Å²) in [7, 11) is 0. The minimum atomic E-state index is -0.325. The standard InChI is InChI=1S/C23H24N2O4S/c1-2-28-22(26)10-12-25(16-18-6-4-11-24-15-18)23(27)19-7-3-8-20(14-19)29-17-21-9-5-13-30-21/h3-9,11,13-15H,2,10,12,16-17H2,1H3. The van der Waals surface area contributed by atoms with E-state index in [1.165, 1.54) is 0 Å².